The van der Waals surface area contributed by atoms with Gasteiger partial charge in [0, 0.05) is 36.3 Å². The zero-order valence-corrected chi connectivity index (χ0v) is 19.3. The van der Waals surface area contributed by atoms with Crippen LogP contribution >= 0.6 is 11.8 Å². The van der Waals surface area contributed by atoms with Gasteiger partial charge in [-0.3, -0.25) is 9.59 Å². The second kappa shape index (κ2) is 11.6. The van der Waals surface area contributed by atoms with E-state index in [9.17, 15) is 14.4 Å². The van der Waals surface area contributed by atoms with Crippen molar-refractivity contribution < 1.29 is 14.4 Å². The molecule has 0 aromatic heterocycles. The largest absolute Gasteiger partial charge is 0.348 e. The first-order valence-corrected chi connectivity index (χ1v) is 11.8. The Labute approximate surface area is 193 Å². The molecule has 4 amide bonds. The highest BCUT2D eigenvalue weighted by Crippen LogP contribution is 2.24. The Hall–Kier alpha value is -3.00. The first-order valence-electron chi connectivity index (χ1n) is 10.9. The monoisotopic (exact) mass is 454 g/mol. The summed E-state index contributed by atoms with van der Waals surface area (Å²) >= 11 is 1.41. The maximum Gasteiger partial charge on any atom is 0.319 e. The molecule has 8 heteroatoms. The van der Waals surface area contributed by atoms with Gasteiger partial charge in [-0.1, -0.05) is 24.3 Å². The molecule has 0 spiro atoms. The molecular weight excluding hydrogens is 424 g/mol. The summed E-state index contributed by atoms with van der Waals surface area (Å²) in [7, 11) is 0. The number of anilines is 1. The van der Waals surface area contributed by atoms with Crippen LogP contribution in [0.1, 0.15) is 42.6 Å². The molecular formula is C24H30N4O3S. The van der Waals surface area contributed by atoms with Gasteiger partial charge in [-0.05, 0) is 56.5 Å². The summed E-state index contributed by atoms with van der Waals surface area (Å²) in [5.74, 6) is 0.280. The van der Waals surface area contributed by atoms with E-state index in [4.69, 9.17) is 0 Å². The van der Waals surface area contributed by atoms with Gasteiger partial charge in [0.1, 0.15) is 0 Å². The van der Waals surface area contributed by atoms with Crippen LogP contribution in [0.15, 0.2) is 53.4 Å². The van der Waals surface area contributed by atoms with Gasteiger partial charge in [0.2, 0.25) is 5.91 Å². The van der Waals surface area contributed by atoms with E-state index in [0.717, 1.165) is 36.4 Å². The van der Waals surface area contributed by atoms with Crippen LogP contribution in [-0.4, -0.2) is 47.6 Å². The van der Waals surface area contributed by atoms with Crippen LogP contribution in [0.5, 0.6) is 0 Å². The van der Waals surface area contributed by atoms with Crippen LogP contribution in [0.4, 0.5) is 10.5 Å². The van der Waals surface area contributed by atoms with Gasteiger partial charge in [-0.2, -0.15) is 0 Å². The molecule has 1 aliphatic rings. The molecule has 0 radical (unpaired) electrons. The van der Waals surface area contributed by atoms with Crippen LogP contribution in [0.3, 0.4) is 0 Å². The SMILES string of the molecule is CC(C)NC(=O)Nc1ccc(CNC(=O)c2ccccc2SCC(=O)N2CCCC2)cc1. The molecule has 170 valence electrons. The van der Waals surface area contributed by atoms with Crippen LogP contribution in [0.2, 0.25) is 0 Å². The first kappa shape index (κ1) is 23.7. The van der Waals surface area contributed by atoms with Crippen molar-refractivity contribution in [2.45, 2.75) is 44.2 Å². The third-order valence-electron chi connectivity index (χ3n) is 5.03. The predicted octanol–water partition coefficient (Wildman–Crippen LogP) is 3.86. The number of carbonyl (C=O) groups is 3. The lowest BCUT2D eigenvalue weighted by Gasteiger charge is -2.15. The number of nitrogens with zero attached hydrogens (tertiary/aromatic N) is 1. The molecule has 0 aliphatic carbocycles. The zero-order valence-electron chi connectivity index (χ0n) is 18.5. The number of likely N-dealkylation sites (tertiary alicyclic amines) is 1. The average Bonchev–Trinajstić information content (AvgIpc) is 3.31. The van der Waals surface area contributed by atoms with Gasteiger partial charge in [0.05, 0.1) is 11.3 Å². The minimum Gasteiger partial charge on any atom is -0.348 e. The van der Waals surface area contributed by atoms with Gasteiger partial charge in [0.15, 0.2) is 0 Å². The maximum absolute atomic E-state index is 12.8. The Morgan fingerprint density at radius 1 is 1.00 bits per heavy atom. The molecule has 3 N–H and O–H groups in total. The average molecular weight is 455 g/mol. The van der Waals surface area contributed by atoms with Crippen LogP contribution < -0.4 is 16.0 Å². The summed E-state index contributed by atoms with van der Waals surface area (Å²) < 4.78 is 0. The van der Waals surface area contributed by atoms with Gasteiger partial charge in [-0.25, -0.2) is 4.79 Å². The Balaban J connectivity index is 1.52. The summed E-state index contributed by atoms with van der Waals surface area (Å²) in [4.78, 5) is 39.6. The second-order valence-corrected chi connectivity index (χ2v) is 9.02. The maximum atomic E-state index is 12.8. The lowest BCUT2D eigenvalue weighted by Crippen LogP contribution is -2.34. The first-order chi connectivity index (χ1) is 15.4. The van der Waals surface area contributed by atoms with Crippen molar-refractivity contribution in [2.24, 2.45) is 0 Å². The zero-order chi connectivity index (χ0) is 22.9. The minimum atomic E-state index is -0.252. The molecule has 1 fully saturated rings. The number of hydrogen-bond acceptors (Lipinski definition) is 4. The van der Waals surface area contributed by atoms with Crippen LogP contribution in [-0.2, 0) is 11.3 Å². The van der Waals surface area contributed by atoms with Crippen LogP contribution in [0.25, 0.3) is 0 Å². The number of urea groups is 1. The molecule has 1 saturated heterocycles. The summed E-state index contributed by atoms with van der Waals surface area (Å²) in [5.41, 5.74) is 2.17. The van der Waals surface area contributed by atoms with Crippen molar-refractivity contribution in [1.29, 1.82) is 0 Å². The smallest absolute Gasteiger partial charge is 0.319 e. The predicted molar refractivity (Wildman–Crippen MR) is 128 cm³/mol. The second-order valence-electron chi connectivity index (χ2n) is 8.01. The number of hydrogen-bond donors (Lipinski definition) is 3. The summed E-state index contributed by atoms with van der Waals surface area (Å²) in [5, 5.41) is 8.48. The highest BCUT2D eigenvalue weighted by Gasteiger charge is 2.19. The van der Waals surface area contributed by atoms with Gasteiger partial charge < -0.3 is 20.9 Å². The topological polar surface area (TPSA) is 90.5 Å². The van der Waals surface area contributed by atoms with Gasteiger partial charge in [0.25, 0.3) is 5.91 Å². The van der Waals surface area contributed by atoms with Crippen molar-refractivity contribution in [3.63, 3.8) is 0 Å². The fourth-order valence-corrected chi connectivity index (χ4v) is 4.34. The molecule has 7 nitrogen and oxygen atoms in total. The Bertz CT molecular complexity index is 941. The van der Waals surface area contributed by atoms with E-state index >= 15 is 0 Å². The molecule has 1 heterocycles. The van der Waals surface area contributed by atoms with E-state index < -0.39 is 0 Å². The quantitative estimate of drug-likeness (QED) is 0.528. The van der Waals surface area contributed by atoms with E-state index in [1.807, 2.05) is 49.1 Å². The Morgan fingerprint density at radius 2 is 1.69 bits per heavy atom. The van der Waals surface area contributed by atoms with E-state index in [2.05, 4.69) is 16.0 Å². The molecule has 0 atom stereocenters. The summed E-state index contributed by atoms with van der Waals surface area (Å²) in [6.45, 7) is 5.82. The molecule has 2 aromatic rings. The molecule has 0 bridgehead atoms. The minimum absolute atomic E-state index is 0.0591. The number of benzene rings is 2. The van der Waals surface area contributed by atoms with E-state index in [1.165, 1.54) is 11.8 Å². The van der Waals surface area contributed by atoms with Gasteiger partial charge in [-0.15, -0.1) is 11.8 Å². The number of carbonyl (C=O) groups excluding carboxylic acids is 3. The van der Waals surface area contributed by atoms with Crippen molar-refractivity contribution >= 4 is 35.3 Å². The van der Waals surface area contributed by atoms with Crippen molar-refractivity contribution in [3.8, 4) is 0 Å². The third kappa shape index (κ3) is 7.02. The van der Waals surface area contributed by atoms with Gasteiger partial charge >= 0.3 is 6.03 Å². The molecule has 0 saturated carbocycles. The van der Waals surface area contributed by atoms with Crippen LogP contribution in [0, 0.1) is 0 Å². The fraction of sp³-hybridized carbons (Fsp3) is 0.375. The number of nitrogens with one attached hydrogen (secondary N) is 3. The van der Waals surface area contributed by atoms with E-state index in [-0.39, 0.29) is 23.9 Å². The fourth-order valence-electron chi connectivity index (χ4n) is 3.39. The Morgan fingerprint density at radius 3 is 2.38 bits per heavy atom. The third-order valence-corrected chi connectivity index (χ3v) is 6.08. The summed E-state index contributed by atoms with van der Waals surface area (Å²) in [6, 6.07) is 14.5. The van der Waals surface area contributed by atoms with Crippen molar-refractivity contribution in [1.82, 2.24) is 15.5 Å². The highest BCUT2D eigenvalue weighted by atomic mass is 32.2. The van der Waals surface area contributed by atoms with E-state index in [1.54, 1.807) is 18.2 Å². The summed E-state index contributed by atoms with van der Waals surface area (Å²) in [6.07, 6.45) is 2.13. The standard InChI is InChI=1S/C24H30N4O3S/c1-17(2)26-24(31)27-19-11-9-18(10-12-19)15-25-23(30)20-7-3-4-8-21(20)32-16-22(29)28-13-5-6-14-28/h3-4,7-12,17H,5-6,13-16H2,1-2H3,(H,25,30)(H2,26,27,31). The molecule has 3 rings (SSSR count). The lowest BCUT2D eigenvalue weighted by atomic mass is 10.2. The molecule has 2 aromatic carbocycles. The Kier molecular flexibility index (Phi) is 8.56. The normalized spacial score (nSPS) is 13.2. The van der Waals surface area contributed by atoms with Crippen molar-refractivity contribution in [3.05, 3.63) is 59.7 Å². The molecule has 32 heavy (non-hydrogen) atoms. The molecule has 0 unspecified atom stereocenters. The number of amides is 4. The number of rotatable bonds is 8. The molecule has 1 aliphatic heterocycles. The number of thioether (sulfide) groups is 1. The lowest BCUT2D eigenvalue weighted by molar-refractivity contribution is -0.127. The van der Waals surface area contributed by atoms with E-state index in [0.29, 0.717) is 23.5 Å². The highest BCUT2D eigenvalue weighted by molar-refractivity contribution is 8.00. The van der Waals surface area contributed by atoms with Crippen molar-refractivity contribution in [2.75, 3.05) is 24.2 Å².